The number of nitrogens with one attached hydrogen (secondary N) is 3. The minimum atomic E-state index is -4.05. The van der Waals surface area contributed by atoms with Gasteiger partial charge in [-0.25, -0.2) is 22.9 Å². The Morgan fingerprint density at radius 2 is 1.80 bits per heavy atom. The van der Waals surface area contributed by atoms with Gasteiger partial charge >= 0.3 is 6.03 Å². The van der Waals surface area contributed by atoms with E-state index in [1.54, 1.807) is 37.3 Å². The smallest absolute Gasteiger partial charge is 0.333 e. The standard InChI is InChI=1S/C26H27ClN6O5S2/c1-17-29-22-16-19(28-10-11-32-12-14-38-15-13-32)4-7-21(22)25(34)33(17)20-5-2-18(3-6-20)30-26(35)31-40(36,37)24-9-8-23(27)39-24/h2-9,16,28H,10-15H2,1H3,(H2,30,31,35). The van der Waals surface area contributed by atoms with Gasteiger partial charge in [-0.3, -0.25) is 14.3 Å². The lowest BCUT2D eigenvalue weighted by molar-refractivity contribution is 0.0398. The van der Waals surface area contributed by atoms with Crippen molar-refractivity contribution >= 4 is 61.3 Å². The number of benzene rings is 2. The number of sulfonamides is 1. The van der Waals surface area contributed by atoms with Crippen molar-refractivity contribution in [2.24, 2.45) is 0 Å². The van der Waals surface area contributed by atoms with Crippen LogP contribution in [0.3, 0.4) is 0 Å². The number of fused-ring (bicyclic) bond motifs is 1. The van der Waals surface area contributed by atoms with E-state index in [0.717, 1.165) is 56.4 Å². The van der Waals surface area contributed by atoms with Crippen LogP contribution in [0.4, 0.5) is 16.2 Å². The van der Waals surface area contributed by atoms with Gasteiger partial charge < -0.3 is 15.4 Å². The van der Waals surface area contributed by atoms with Crippen molar-refractivity contribution in [3.05, 3.63) is 75.1 Å². The Morgan fingerprint density at radius 1 is 1.07 bits per heavy atom. The summed E-state index contributed by atoms with van der Waals surface area (Å²) in [6.45, 7) is 6.80. The first-order valence-electron chi connectivity index (χ1n) is 12.5. The molecule has 1 aliphatic rings. The van der Waals surface area contributed by atoms with E-state index in [0.29, 0.717) is 32.4 Å². The van der Waals surface area contributed by atoms with Crippen LogP contribution in [0.15, 0.2) is 63.6 Å². The number of urea groups is 1. The first-order chi connectivity index (χ1) is 19.2. The molecule has 2 amide bonds. The van der Waals surface area contributed by atoms with Gasteiger partial charge in [0.25, 0.3) is 15.6 Å². The van der Waals surface area contributed by atoms with Crippen LogP contribution in [-0.4, -0.2) is 68.3 Å². The summed E-state index contributed by atoms with van der Waals surface area (Å²) < 4.78 is 33.7. The number of aromatic nitrogens is 2. The highest BCUT2D eigenvalue weighted by molar-refractivity contribution is 7.92. The molecular weight excluding hydrogens is 576 g/mol. The maximum atomic E-state index is 13.4. The van der Waals surface area contributed by atoms with E-state index >= 15 is 0 Å². The summed E-state index contributed by atoms with van der Waals surface area (Å²) in [4.78, 5) is 32.6. The molecule has 2 aromatic heterocycles. The molecule has 5 rings (SSSR count). The summed E-state index contributed by atoms with van der Waals surface area (Å²) in [5.41, 5.74) is 2.16. The van der Waals surface area contributed by atoms with Gasteiger partial charge in [0.2, 0.25) is 0 Å². The normalized spacial score (nSPS) is 14.2. The summed E-state index contributed by atoms with van der Waals surface area (Å²) in [5.74, 6) is 0.502. The highest BCUT2D eigenvalue weighted by Gasteiger charge is 2.20. The fourth-order valence-corrected chi connectivity index (χ4v) is 6.75. The van der Waals surface area contributed by atoms with E-state index in [9.17, 15) is 18.0 Å². The predicted octanol–water partition coefficient (Wildman–Crippen LogP) is 3.66. The molecule has 0 unspecified atom stereocenters. The fourth-order valence-electron chi connectivity index (χ4n) is 4.36. The number of amides is 2. The molecule has 0 radical (unpaired) electrons. The topological polar surface area (TPSA) is 135 Å². The molecule has 1 fully saturated rings. The molecule has 40 heavy (non-hydrogen) atoms. The molecule has 1 aliphatic heterocycles. The van der Waals surface area contributed by atoms with Crippen molar-refractivity contribution in [2.75, 3.05) is 50.0 Å². The van der Waals surface area contributed by atoms with Crippen molar-refractivity contribution < 1.29 is 17.9 Å². The first kappa shape index (κ1) is 28.1. The van der Waals surface area contributed by atoms with Crippen molar-refractivity contribution in [3.8, 4) is 5.69 Å². The van der Waals surface area contributed by atoms with E-state index in [1.807, 2.05) is 16.9 Å². The fraction of sp³-hybridized carbons (Fsp3) is 0.269. The molecule has 4 aromatic rings. The van der Waals surface area contributed by atoms with Crippen molar-refractivity contribution in [2.45, 2.75) is 11.1 Å². The van der Waals surface area contributed by atoms with Gasteiger partial charge in [0.05, 0.1) is 34.1 Å². The predicted molar refractivity (Wildman–Crippen MR) is 156 cm³/mol. The van der Waals surface area contributed by atoms with Gasteiger partial charge in [0.1, 0.15) is 10.0 Å². The zero-order chi connectivity index (χ0) is 28.3. The van der Waals surface area contributed by atoms with Crippen molar-refractivity contribution in [1.29, 1.82) is 0 Å². The second-order valence-electron chi connectivity index (χ2n) is 9.08. The molecule has 0 atom stereocenters. The number of hydrogen-bond donors (Lipinski definition) is 3. The summed E-state index contributed by atoms with van der Waals surface area (Å²) in [5, 5.41) is 6.36. The Kier molecular flexibility index (Phi) is 8.38. The van der Waals surface area contributed by atoms with Crippen LogP contribution in [0.1, 0.15) is 5.82 Å². The average molecular weight is 603 g/mol. The van der Waals surface area contributed by atoms with Crippen LogP contribution in [-0.2, 0) is 14.8 Å². The van der Waals surface area contributed by atoms with Gasteiger partial charge in [-0.05, 0) is 61.5 Å². The minimum Gasteiger partial charge on any atom is -0.384 e. The molecule has 3 heterocycles. The van der Waals surface area contributed by atoms with E-state index in [1.165, 1.54) is 16.7 Å². The lowest BCUT2D eigenvalue weighted by Gasteiger charge is -2.26. The molecule has 3 N–H and O–H groups in total. The third-order valence-corrected chi connectivity index (χ3v) is 9.38. The van der Waals surface area contributed by atoms with E-state index < -0.39 is 16.1 Å². The number of ether oxygens (including phenoxy) is 1. The SMILES string of the molecule is Cc1nc2cc(NCCN3CCOCC3)ccc2c(=O)n1-c1ccc(NC(=O)NS(=O)(=O)c2ccc(Cl)s2)cc1. The average Bonchev–Trinajstić information content (AvgIpc) is 3.37. The van der Waals surface area contributed by atoms with E-state index in [2.05, 4.69) is 20.5 Å². The molecule has 210 valence electrons. The lowest BCUT2D eigenvalue weighted by atomic mass is 10.2. The number of thiophene rings is 1. The number of nitrogens with zero attached hydrogens (tertiary/aromatic N) is 3. The van der Waals surface area contributed by atoms with Crippen molar-refractivity contribution in [3.63, 3.8) is 0 Å². The third-order valence-electron chi connectivity index (χ3n) is 6.32. The molecule has 2 aromatic carbocycles. The summed E-state index contributed by atoms with van der Waals surface area (Å²) in [6, 6.07) is 13.8. The Bertz CT molecular complexity index is 1700. The van der Waals surface area contributed by atoms with Gasteiger partial charge in [-0.15, -0.1) is 11.3 Å². The highest BCUT2D eigenvalue weighted by atomic mass is 35.5. The molecule has 0 bridgehead atoms. The number of halogens is 1. The van der Waals surface area contributed by atoms with Gasteiger partial charge in [0, 0.05) is 37.6 Å². The lowest BCUT2D eigenvalue weighted by Crippen LogP contribution is -2.39. The minimum absolute atomic E-state index is 0.0717. The second-order valence-corrected chi connectivity index (χ2v) is 12.7. The zero-order valence-corrected chi connectivity index (χ0v) is 23.9. The second kappa shape index (κ2) is 11.9. The van der Waals surface area contributed by atoms with Crippen LogP contribution < -0.4 is 20.9 Å². The number of hydrogen-bond acceptors (Lipinski definition) is 9. The monoisotopic (exact) mass is 602 g/mol. The summed E-state index contributed by atoms with van der Waals surface area (Å²) in [7, 11) is -4.05. The maximum absolute atomic E-state index is 13.4. The number of anilines is 2. The van der Waals surface area contributed by atoms with Crippen LogP contribution >= 0.6 is 22.9 Å². The maximum Gasteiger partial charge on any atom is 0.333 e. The largest absolute Gasteiger partial charge is 0.384 e. The molecule has 11 nitrogen and oxygen atoms in total. The number of carbonyl (C=O) groups is 1. The van der Waals surface area contributed by atoms with E-state index in [4.69, 9.17) is 16.3 Å². The van der Waals surface area contributed by atoms with Crippen LogP contribution in [0, 0.1) is 6.92 Å². The number of carbonyl (C=O) groups excluding carboxylic acids is 1. The Morgan fingerprint density at radius 3 is 2.50 bits per heavy atom. The molecule has 0 aliphatic carbocycles. The number of aryl methyl sites for hydroxylation is 1. The van der Waals surface area contributed by atoms with Crippen LogP contribution in [0.2, 0.25) is 4.34 Å². The van der Waals surface area contributed by atoms with Crippen LogP contribution in [0.5, 0.6) is 0 Å². The summed E-state index contributed by atoms with van der Waals surface area (Å²) in [6.07, 6.45) is 0. The zero-order valence-electron chi connectivity index (χ0n) is 21.5. The van der Waals surface area contributed by atoms with Crippen LogP contribution in [0.25, 0.3) is 16.6 Å². The Balaban J connectivity index is 1.26. The van der Waals surface area contributed by atoms with E-state index in [-0.39, 0.29) is 9.77 Å². The molecule has 0 saturated carbocycles. The van der Waals surface area contributed by atoms with Gasteiger partial charge in [0.15, 0.2) is 0 Å². The summed E-state index contributed by atoms with van der Waals surface area (Å²) >= 11 is 6.63. The molecule has 0 spiro atoms. The Hall–Kier alpha value is -3.49. The first-order valence-corrected chi connectivity index (χ1v) is 15.1. The highest BCUT2D eigenvalue weighted by Crippen LogP contribution is 2.25. The van der Waals surface area contributed by atoms with Gasteiger partial charge in [-0.2, -0.15) is 0 Å². The number of morpholine rings is 1. The molecule has 14 heteroatoms. The number of rotatable bonds is 8. The third kappa shape index (κ3) is 6.45. The molecule has 1 saturated heterocycles. The van der Waals surface area contributed by atoms with Crippen molar-refractivity contribution in [1.82, 2.24) is 19.2 Å². The quantitative estimate of drug-likeness (QED) is 0.278. The van der Waals surface area contributed by atoms with Gasteiger partial charge in [-0.1, -0.05) is 11.6 Å². The molecular formula is C26H27ClN6O5S2. The Labute approximate surface area is 239 Å².